The van der Waals surface area contributed by atoms with Crippen LogP contribution in [0, 0.1) is 10.1 Å². The van der Waals surface area contributed by atoms with Crippen LogP contribution in [-0.2, 0) is 17.0 Å². The van der Waals surface area contributed by atoms with Crippen LogP contribution >= 0.6 is 11.8 Å². The van der Waals surface area contributed by atoms with Gasteiger partial charge in [0.05, 0.1) is 11.0 Å². The van der Waals surface area contributed by atoms with Gasteiger partial charge >= 0.3 is 0 Å². The molecule has 0 saturated heterocycles. The number of rotatable bonds is 11. The molecule has 184 valence electrons. The minimum absolute atomic E-state index is 0.00365. The Bertz CT molecular complexity index is 1290. The van der Waals surface area contributed by atoms with Crippen LogP contribution in [0.5, 0.6) is 0 Å². The fourth-order valence-corrected chi connectivity index (χ4v) is 4.75. The number of carbonyl (C=O) groups excluding carboxylic acids is 1. The minimum atomic E-state index is -0.430. The first-order valence-corrected chi connectivity index (χ1v) is 12.7. The van der Waals surface area contributed by atoms with E-state index in [2.05, 4.69) is 15.5 Å². The Morgan fingerprint density at radius 3 is 2.22 bits per heavy atom. The molecule has 0 bridgehead atoms. The van der Waals surface area contributed by atoms with Gasteiger partial charge in [0.2, 0.25) is 5.91 Å². The molecule has 1 aromatic heterocycles. The van der Waals surface area contributed by atoms with Crippen molar-refractivity contribution in [3.05, 3.63) is 112 Å². The van der Waals surface area contributed by atoms with E-state index in [1.165, 1.54) is 23.9 Å². The maximum Gasteiger partial charge on any atom is 0.269 e. The van der Waals surface area contributed by atoms with Crippen LogP contribution in [0.15, 0.2) is 90.1 Å². The van der Waals surface area contributed by atoms with Crippen molar-refractivity contribution in [1.29, 1.82) is 0 Å². The van der Waals surface area contributed by atoms with Crippen molar-refractivity contribution < 1.29 is 9.72 Å². The molecule has 0 spiro atoms. The van der Waals surface area contributed by atoms with Gasteiger partial charge in [-0.3, -0.25) is 19.5 Å². The molecule has 1 amide bonds. The lowest BCUT2D eigenvalue weighted by Gasteiger charge is -2.20. The van der Waals surface area contributed by atoms with Crippen molar-refractivity contribution in [3.63, 3.8) is 0 Å². The van der Waals surface area contributed by atoms with E-state index in [1.54, 1.807) is 12.1 Å². The lowest BCUT2D eigenvalue weighted by atomic mass is 10.0. The van der Waals surface area contributed by atoms with Gasteiger partial charge in [-0.2, -0.15) is 0 Å². The van der Waals surface area contributed by atoms with E-state index in [0.717, 1.165) is 17.5 Å². The van der Waals surface area contributed by atoms with Crippen LogP contribution in [0.2, 0.25) is 0 Å². The van der Waals surface area contributed by atoms with E-state index >= 15 is 0 Å². The molecule has 1 N–H and O–H groups in total. The highest BCUT2D eigenvalue weighted by Crippen LogP contribution is 2.30. The summed E-state index contributed by atoms with van der Waals surface area (Å²) in [6, 6.07) is 25.8. The number of nitro groups is 1. The maximum atomic E-state index is 12.7. The Morgan fingerprint density at radius 2 is 1.61 bits per heavy atom. The van der Waals surface area contributed by atoms with Crippen LogP contribution in [-0.4, -0.2) is 25.6 Å². The van der Waals surface area contributed by atoms with Crippen molar-refractivity contribution in [1.82, 2.24) is 20.1 Å². The summed E-state index contributed by atoms with van der Waals surface area (Å²) in [5.74, 6) is 1.19. The van der Waals surface area contributed by atoms with E-state index in [9.17, 15) is 14.9 Å². The number of benzene rings is 3. The predicted molar refractivity (Wildman–Crippen MR) is 140 cm³/mol. The number of hydrogen-bond acceptors (Lipinski definition) is 6. The molecule has 1 heterocycles. The third-order valence-corrected chi connectivity index (χ3v) is 6.59. The molecule has 1 atom stereocenters. The zero-order valence-corrected chi connectivity index (χ0v) is 20.7. The Hall–Kier alpha value is -3.98. The first-order valence-electron chi connectivity index (χ1n) is 11.7. The topological polar surface area (TPSA) is 103 Å². The van der Waals surface area contributed by atoms with Gasteiger partial charge in [-0.1, -0.05) is 79.3 Å². The summed E-state index contributed by atoms with van der Waals surface area (Å²) in [6.45, 7) is 1.96. The molecular weight excluding hydrogens is 474 g/mol. The minimum Gasteiger partial charge on any atom is -0.346 e. The van der Waals surface area contributed by atoms with E-state index in [0.29, 0.717) is 35.3 Å². The molecule has 0 aliphatic rings. The van der Waals surface area contributed by atoms with E-state index in [4.69, 9.17) is 0 Å². The predicted octanol–water partition coefficient (Wildman–Crippen LogP) is 5.67. The molecule has 0 saturated carbocycles. The summed E-state index contributed by atoms with van der Waals surface area (Å²) in [6.07, 6.45) is 1.68. The highest BCUT2D eigenvalue weighted by Gasteiger charge is 2.25. The number of non-ortho nitro benzene ring substituents is 1. The normalized spacial score (nSPS) is 11.7. The van der Waals surface area contributed by atoms with Crippen LogP contribution in [0.25, 0.3) is 5.69 Å². The summed E-state index contributed by atoms with van der Waals surface area (Å²) in [5, 5.41) is 24.0. The fourth-order valence-electron chi connectivity index (χ4n) is 3.84. The number of nitro benzene ring substituents is 1. The molecule has 1 unspecified atom stereocenters. The fraction of sp³-hybridized carbons (Fsp3) is 0.222. The van der Waals surface area contributed by atoms with Gasteiger partial charge in [-0.05, 0) is 36.1 Å². The largest absolute Gasteiger partial charge is 0.346 e. The van der Waals surface area contributed by atoms with Crippen molar-refractivity contribution in [2.45, 2.75) is 43.1 Å². The third-order valence-electron chi connectivity index (χ3n) is 5.59. The van der Waals surface area contributed by atoms with Gasteiger partial charge in [-0.15, -0.1) is 10.2 Å². The third kappa shape index (κ3) is 6.37. The van der Waals surface area contributed by atoms with E-state index < -0.39 is 11.0 Å². The summed E-state index contributed by atoms with van der Waals surface area (Å²) < 4.78 is 1.89. The average Bonchev–Trinajstić information content (AvgIpc) is 3.32. The molecule has 9 heteroatoms. The van der Waals surface area contributed by atoms with Crippen LogP contribution < -0.4 is 5.32 Å². The zero-order chi connectivity index (χ0) is 25.3. The molecule has 3 aromatic carbocycles. The summed E-state index contributed by atoms with van der Waals surface area (Å²) in [4.78, 5) is 23.4. The van der Waals surface area contributed by atoms with Gasteiger partial charge in [0, 0.05) is 30.0 Å². The molecule has 0 aliphatic heterocycles. The SMILES string of the molecule is CCCC(=O)NC(Cc1ccccc1)c1nnc(SCc2ccccc2)n1-c1ccc([N+](=O)[O-])cc1. The van der Waals surface area contributed by atoms with Crippen LogP contribution in [0.4, 0.5) is 5.69 Å². The number of thioether (sulfide) groups is 1. The molecule has 0 radical (unpaired) electrons. The highest BCUT2D eigenvalue weighted by molar-refractivity contribution is 7.98. The lowest BCUT2D eigenvalue weighted by Crippen LogP contribution is -2.31. The van der Waals surface area contributed by atoms with Gasteiger partial charge < -0.3 is 5.32 Å². The Kier molecular flexibility index (Phi) is 8.46. The molecule has 8 nitrogen and oxygen atoms in total. The van der Waals surface area contributed by atoms with E-state index in [-0.39, 0.29) is 11.6 Å². The standard InChI is InChI=1S/C27H27N5O3S/c1-2-9-25(33)28-24(18-20-10-5-3-6-11-20)26-29-30-27(36-19-21-12-7-4-8-13-21)31(26)22-14-16-23(17-15-22)32(34)35/h3-8,10-17,24H,2,9,18-19H2,1H3,(H,28,33). The number of hydrogen-bond donors (Lipinski definition) is 1. The van der Waals surface area contributed by atoms with E-state index in [1.807, 2.05) is 72.2 Å². The number of aromatic nitrogens is 3. The second kappa shape index (κ2) is 12.1. The van der Waals surface area contributed by atoms with Gasteiger partial charge in [-0.25, -0.2) is 0 Å². The number of amides is 1. The molecule has 4 rings (SSSR count). The number of carbonyl (C=O) groups is 1. The van der Waals surface area contributed by atoms with Crippen LogP contribution in [0.1, 0.15) is 42.8 Å². The zero-order valence-electron chi connectivity index (χ0n) is 19.9. The van der Waals surface area contributed by atoms with Crippen molar-refractivity contribution >= 4 is 23.4 Å². The molecular formula is C27H27N5O3S. The summed E-state index contributed by atoms with van der Waals surface area (Å²) in [5.41, 5.74) is 2.89. The Morgan fingerprint density at radius 1 is 0.972 bits per heavy atom. The first-order chi connectivity index (χ1) is 17.5. The quantitative estimate of drug-likeness (QED) is 0.161. The van der Waals surface area contributed by atoms with Crippen molar-refractivity contribution in [2.75, 3.05) is 0 Å². The summed E-state index contributed by atoms with van der Waals surface area (Å²) >= 11 is 1.52. The molecule has 0 aliphatic carbocycles. The highest BCUT2D eigenvalue weighted by atomic mass is 32.2. The maximum absolute atomic E-state index is 12.7. The molecule has 36 heavy (non-hydrogen) atoms. The number of nitrogens with one attached hydrogen (secondary N) is 1. The van der Waals surface area contributed by atoms with Gasteiger partial charge in [0.1, 0.15) is 0 Å². The van der Waals surface area contributed by atoms with Crippen LogP contribution in [0.3, 0.4) is 0 Å². The second-order valence-corrected chi connectivity index (χ2v) is 9.23. The summed E-state index contributed by atoms with van der Waals surface area (Å²) in [7, 11) is 0. The first kappa shape index (κ1) is 25.1. The monoisotopic (exact) mass is 501 g/mol. The van der Waals surface area contributed by atoms with Crippen molar-refractivity contribution in [3.8, 4) is 5.69 Å². The van der Waals surface area contributed by atoms with Gasteiger partial charge in [0.15, 0.2) is 11.0 Å². The lowest BCUT2D eigenvalue weighted by molar-refractivity contribution is -0.384. The smallest absolute Gasteiger partial charge is 0.269 e. The second-order valence-electron chi connectivity index (χ2n) is 8.28. The van der Waals surface area contributed by atoms with Crippen molar-refractivity contribution in [2.24, 2.45) is 0 Å². The molecule has 4 aromatic rings. The molecule has 0 fully saturated rings. The van der Waals surface area contributed by atoms with Gasteiger partial charge in [0.25, 0.3) is 5.69 Å². The Labute approximate surface area is 213 Å². The number of nitrogens with zero attached hydrogens (tertiary/aromatic N) is 4. The average molecular weight is 502 g/mol. The Balaban J connectivity index is 1.74.